The van der Waals surface area contributed by atoms with Crippen LogP contribution in [0.25, 0.3) is 0 Å². The Hall–Kier alpha value is -2.93. The maximum absolute atomic E-state index is 13.2. The number of benzene rings is 1. The van der Waals surface area contributed by atoms with Crippen LogP contribution in [0.3, 0.4) is 0 Å². The summed E-state index contributed by atoms with van der Waals surface area (Å²) < 4.78 is 0. The van der Waals surface area contributed by atoms with E-state index < -0.39 is 12.0 Å². The van der Waals surface area contributed by atoms with Crippen molar-refractivity contribution >= 4 is 17.7 Å². The van der Waals surface area contributed by atoms with Crippen LogP contribution >= 0.6 is 0 Å². The molecule has 192 valence electrons. The van der Waals surface area contributed by atoms with Gasteiger partial charge < -0.3 is 20.6 Å². The van der Waals surface area contributed by atoms with E-state index in [0.29, 0.717) is 5.92 Å². The molecule has 7 heteroatoms. The Morgan fingerprint density at radius 3 is 2.89 bits per heavy atom. The minimum absolute atomic E-state index is 0.0230. The number of nitrogens with one attached hydrogen (secondary N) is 2. The molecule has 5 rings (SSSR count). The highest BCUT2D eigenvalue weighted by atomic mass is 16.4. The Morgan fingerprint density at radius 2 is 2.06 bits per heavy atom. The number of carboxylic acid groups (broad SMARTS) is 1. The molecule has 1 aromatic carbocycles. The molecular formula is C29H38N4O3. The molecule has 0 spiro atoms. The van der Waals surface area contributed by atoms with Gasteiger partial charge in [-0.15, -0.1) is 0 Å². The van der Waals surface area contributed by atoms with Gasteiger partial charge in [0, 0.05) is 18.8 Å². The predicted molar refractivity (Wildman–Crippen MR) is 140 cm³/mol. The van der Waals surface area contributed by atoms with E-state index >= 15 is 0 Å². The number of hydrogen-bond acceptors (Lipinski definition) is 5. The molecule has 1 amide bonds. The van der Waals surface area contributed by atoms with Gasteiger partial charge in [0.2, 0.25) is 5.91 Å². The number of carbonyl (C=O) groups excluding carboxylic acids is 1. The van der Waals surface area contributed by atoms with E-state index in [-0.39, 0.29) is 18.2 Å². The zero-order chi connectivity index (χ0) is 24.9. The predicted octanol–water partition coefficient (Wildman–Crippen LogP) is 4.29. The molecule has 2 fully saturated rings. The van der Waals surface area contributed by atoms with E-state index in [2.05, 4.69) is 39.8 Å². The SMILES string of the molecule is O=C(O)CC(NC(=O)C1CCCN(CCCc2ccc3c(n2)NCCC3)C1)c1cccc(C2CC2)c1. The minimum Gasteiger partial charge on any atom is -0.481 e. The molecule has 2 aromatic rings. The minimum atomic E-state index is -0.895. The maximum atomic E-state index is 13.2. The summed E-state index contributed by atoms with van der Waals surface area (Å²) in [6, 6.07) is 12.0. The summed E-state index contributed by atoms with van der Waals surface area (Å²) in [5.74, 6) is 0.615. The zero-order valence-electron chi connectivity index (χ0n) is 21.0. The summed E-state index contributed by atoms with van der Waals surface area (Å²) in [6.07, 6.45) is 8.33. The average Bonchev–Trinajstić information content (AvgIpc) is 3.74. The number of amides is 1. The molecular weight excluding hydrogens is 452 g/mol. The Labute approximate surface area is 213 Å². The fraction of sp³-hybridized carbons (Fsp3) is 0.552. The first-order valence-electron chi connectivity index (χ1n) is 13.6. The number of pyridine rings is 1. The highest BCUT2D eigenvalue weighted by molar-refractivity contribution is 5.80. The summed E-state index contributed by atoms with van der Waals surface area (Å²) in [7, 11) is 0. The second-order valence-corrected chi connectivity index (χ2v) is 10.7. The summed E-state index contributed by atoms with van der Waals surface area (Å²) in [4.78, 5) is 32.0. The second kappa shape index (κ2) is 11.4. The van der Waals surface area contributed by atoms with Gasteiger partial charge in [0.25, 0.3) is 0 Å². The van der Waals surface area contributed by atoms with Gasteiger partial charge in [-0.2, -0.15) is 0 Å². The van der Waals surface area contributed by atoms with E-state index in [1.165, 1.54) is 30.4 Å². The smallest absolute Gasteiger partial charge is 0.305 e. The Kier molecular flexibility index (Phi) is 7.85. The largest absolute Gasteiger partial charge is 0.481 e. The van der Waals surface area contributed by atoms with Crippen molar-refractivity contribution in [2.75, 3.05) is 31.5 Å². The van der Waals surface area contributed by atoms with Crippen LogP contribution in [0.2, 0.25) is 0 Å². The summed E-state index contributed by atoms with van der Waals surface area (Å²) in [6.45, 7) is 3.68. The van der Waals surface area contributed by atoms with E-state index in [4.69, 9.17) is 4.98 Å². The topological polar surface area (TPSA) is 94.6 Å². The van der Waals surface area contributed by atoms with Gasteiger partial charge in [0.1, 0.15) is 5.82 Å². The zero-order valence-corrected chi connectivity index (χ0v) is 21.0. The standard InChI is InChI=1S/C29H38N4O3/c34-27(35)18-26(23-6-1-5-22(17-23)20-10-11-20)32-29(36)24-8-3-15-33(19-24)16-4-9-25-13-12-21-7-2-14-30-28(21)31-25/h1,5-6,12-13,17,20,24,26H,2-4,7-11,14-16,18-19H2,(H,30,31)(H,32,36)(H,34,35). The highest BCUT2D eigenvalue weighted by Gasteiger charge is 2.29. The summed E-state index contributed by atoms with van der Waals surface area (Å²) in [5, 5.41) is 16.0. The van der Waals surface area contributed by atoms with Crippen LogP contribution in [0.5, 0.6) is 0 Å². The van der Waals surface area contributed by atoms with E-state index in [1.807, 2.05) is 12.1 Å². The summed E-state index contributed by atoms with van der Waals surface area (Å²) in [5.41, 5.74) is 4.59. The van der Waals surface area contributed by atoms with Gasteiger partial charge in [0.15, 0.2) is 0 Å². The van der Waals surface area contributed by atoms with Crippen molar-refractivity contribution in [3.63, 3.8) is 0 Å². The van der Waals surface area contributed by atoms with Crippen LogP contribution in [0.1, 0.15) is 79.3 Å². The van der Waals surface area contributed by atoms with Crippen molar-refractivity contribution in [3.05, 3.63) is 58.8 Å². The number of carboxylic acids is 1. The van der Waals surface area contributed by atoms with Crippen molar-refractivity contribution in [1.82, 2.24) is 15.2 Å². The number of anilines is 1. The van der Waals surface area contributed by atoms with Crippen LogP contribution in [0.4, 0.5) is 5.82 Å². The van der Waals surface area contributed by atoms with Crippen molar-refractivity contribution in [2.24, 2.45) is 5.92 Å². The second-order valence-electron chi connectivity index (χ2n) is 10.7. The molecule has 1 aliphatic carbocycles. The number of aryl methyl sites for hydroxylation is 2. The molecule has 7 nitrogen and oxygen atoms in total. The lowest BCUT2D eigenvalue weighted by Gasteiger charge is -2.33. The molecule has 3 N–H and O–H groups in total. The number of nitrogens with zero attached hydrogens (tertiary/aromatic N) is 2. The molecule has 3 heterocycles. The Balaban J connectivity index is 1.14. The lowest BCUT2D eigenvalue weighted by molar-refractivity contribution is -0.138. The third kappa shape index (κ3) is 6.44. The van der Waals surface area contributed by atoms with Crippen molar-refractivity contribution in [3.8, 4) is 0 Å². The highest BCUT2D eigenvalue weighted by Crippen LogP contribution is 2.40. The normalized spacial score (nSPS) is 20.7. The number of carbonyl (C=O) groups is 2. The lowest BCUT2D eigenvalue weighted by atomic mass is 9.94. The van der Waals surface area contributed by atoms with Gasteiger partial charge in [-0.05, 0) is 93.1 Å². The molecule has 2 atom stereocenters. The maximum Gasteiger partial charge on any atom is 0.305 e. The number of fused-ring (bicyclic) bond motifs is 1. The van der Waals surface area contributed by atoms with Gasteiger partial charge in [-0.1, -0.05) is 30.3 Å². The number of aliphatic carboxylic acids is 1. The number of rotatable bonds is 10. The van der Waals surface area contributed by atoms with Gasteiger partial charge in [0.05, 0.1) is 18.4 Å². The van der Waals surface area contributed by atoms with Gasteiger partial charge in [-0.25, -0.2) is 4.98 Å². The molecule has 1 aromatic heterocycles. The van der Waals surface area contributed by atoms with Crippen LogP contribution in [0.15, 0.2) is 36.4 Å². The van der Waals surface area contributed by atoms with Crippen LogP contribution < -0.4 is 10.6 Å². The monoisotopic (exact) mass is 490 g/mol. The van der Waals surface area contributed by atoms with Gasteiger partial charge >= 0.3 is 5.97 Å². The molecule has 2 unspecified atom stereocenters. The number of piperidine rings is 1. The fourth-order valence-corrected chi connectivity index (χ4v) is 5.63. The van der Waals surface area contributed by atoms with Crippen LogP contribution in [-0.2, 0) is 22.4 Å². The quantitative estimate of drug-likeness (QED) is 0.460. The molecule has 3 aliphatic rings. The van der Waals surface area contributed by atoms with Crippen molar-refractivity contribution < 1.29 is 14.7 Å². The first kappa shape index (κ1) is 24.8. The van der Waals surface area contributed by atoms with Crippen molar-refractivity contribution in [2.45, 2.75) is 69.7 Å². The summed E-state index contributed by atoms with van der Waals surface area (Å²) >= 11 is 0. The van der Waals surface area contributed by atoms with E-state index in [0.717, 1.165) is 75.4 Å². The lowest BCUT2D eigenvalue weighted by Crippen LogP contribution is -2.44. The number of aromatic nitrogens is 1. The van der Waals surface area contributed by atoms with Crippen molar-refractivity contribution in [1.29, 1.82) is 0 Å². The van der Waals surface area contributed by atoms with E-state index in [1.54, 1.807) is 0 Å². The van der Waals surface area contributed by atoms with E-state index in [9.17, 15) is 14.7 Å². The molecule has 2 aliphatic heterocycles. The molecule has 0 bridgehead atoms. The third-order valence-electron chi connectivity index (χ3n) is 7.79. The molecule has 1 saturated heterocycles. The first-order chi connectivity index (χ1) is 17.5. The Bertz CT molecular complexity index is 1080. The molecule has 1 saturated carbocycles. The first-order valence-corrected chi connectivity index (χ1v) is 13.6. The number of hydrogen-bond donors (Lipinski definition) is 3. The third-order valence-corrected chi connectivity index (χ3v) is 7.79. The average molecular weight is 491 g/mol. The van der Waals surface area contributed by atoms with Gasteiger partial charge in [-0.3, -0.25) is 9.59 Å². The van der Waals surface area contributed by atoms with Crippen LogP contribution in [-0.4, -0.2) is 53.0 Å². The fourth-order valence-electron chi connectivity index (χ4n) is 5.63. The molecule has 36 heavy (non-hydrogen) atoms. The van der Waals surface area contributed by atoms with Crippen LogP contribution in [0, 0.1) is 5.92 Å². The molecule has 0 radical (unpaired) electrons. The number of likely N-dealkylation sites (tertiary alicyclic amines) is 1. The Morgan fingerprint density at radius 1 is 1.17 bits per heavy atom.